The molecule has 2 heterocycles. The molecule has 58 heavy (non-hydrogen) atoms. The van der Waals surface area contributed by atoms with Crippen molar-refractivity contribution in [2.45, 2.75) is 180 Å². The molecule has 0 unspecified atom stereocenters. The van der Waals surface area contributed by atoms with Gasteiger partial charge in [0, 0.05) is 0 Å². The number of carboxylic acid groups (broad SMARTS) is 1. The zero-order valence-electron chi connectivity index (χ0n) is 35.2. The van der Waals surface area contributed by atoms with Crippen LogP contribution >= 0.6 is 0 Å². The summed E-state index contributed by atoms with van der Waals surface area (Å²) in [6.07, 6.45) is -9.92. The SMILES string of the molecule is COC(=O)[C@H]1O[C@@H](O[C@H]2[C@@H](O)[C@@H](CO)O[C@@H](O[C@H]3[C@@H](O)C[C@]4(C)[C@H]5CC=C6[C@@H]7CC(C)(C)CC[C@]7(C(=O)O)CC[C@@]6(C)[C@]5(C)CC[C@H]4C3(C)C)[C@@H]2O)[C@H](O)[C@@H](O)[C@@H]1O. The normalized spacial score (nSPS) is 52.2. The zero-order valence-corrected chi connectivity index (χ0v) is 35.2. The number of carboxylic acids is 1. The molecule has 5 aliphatic carbocycles. The summed E-state index contributed by atoms with van der Waals surface area (Å²) in [5.74, 6) is -1.50. The number of aliphatic hydroxyl groups is 7. The van der Waals surface area contributed by atoms with Crippen LogP contribution in [-0.2, 0) is 33.3 Å². The van der Waals surface area contributed by atoms with E-state index < -0.39 is 103 Å². The molecule has 0 radical (unpaired) electrons. The van der Waals surface area contributed by atoms with Crippen molar-refractivity contribution in [2.24, 2.45) is 50.2 Å². The molecule has 0 amide bonds. The highest BCUT2D eigenvalue weighted by atomic mass is 16.7. The van der Waals surface area contributed by atoms with Gasteiger partial charge in [0.2, 0.25) is 0 Å². The molecule has 7 rings (SSSR count). The third-order valence-electron chi connectivity index (χ3n) is 17.4. The van der Waals surface area contributed by atoms with Crippen LogP contribution in [0.25, 0.3) is 0 Å². The van der Waals surface area contributed by atoms with E-state index in [0.29, 0.717) is 19.3 Å². The summed E-state index contributed by atoms with van der Waals surface area (Å²) in [5, 5.41) is 87.4. The second-order valence-electron chi connectivity index (χ2n) is 21.1. The molecule has 2 aliphatic heterocycles. The van der Waals surface area contributed by atoms with Gasteiger partial charge in [0.05, 0.1) is 31.3 Å². The van der Waals surface area contributed by atoms with Crippen molar-refractivity contribution in [1.82, 2.24) is 0 Å². The number of allylic oxidation sites excluding steroid dienone is 2. The first-order valence-corrected chi connectivity index (χ1v) is 21.3. The standard InChI is InChI=1S/C43H68O15/c1-38(2)13-15-43(37(52)53)16-14-41(6)20(21(43)17-38)9-10-25-40(5)18-22(45)33(39(3,4)24(40)11-12-42(25,41)7)58-36-30(50)31(26(46)23(19-44)55-36)56-35-29(49)27(47)28(48)32(57-35)34(51)54-8/h9,21-33,35-36,44-50H,10-19H2,1-8H3,(H,52,53)/t21-,22-,23+,24-,25+,26-,27-,28-,29+,30+,31-,32-,33-,35+,36-,40-,41+,42+,43-/m0/s1. The van der Waals surface area contributed by atoms with Gasteiger partial charge < -0.3 is 64.5 Å². The van der Waals surface area contributed by atoms with Crippen LogP contribution in [0.4, 0.5) is 0 Å². The van der Waals surface area contributed by atoms with Crippen LogP contribution < -0.4 is 0 Å². The molecule has 7 aliphatic rings. The van der Waals surface area contributed by atoms with E-state index >= 15 is 0 Å². The first kappa shape index (κ1) is 44.3. The summed E-state index contributed by atoms with van der Waals surface area (Å²) in [6.45, 7) is 15.0. The number of methoxy groups -OCH3 is 1. The zero-order chi connectivity index (χ0) is 42.7. The Labute approximate surface area is 341 Å². The molecule has 330 valence electrons. The number of hydrogen-bond acceptors (Lipinski definition) is 14. The van der Waals surface area contributed by atoms with Crippen LogP contribution in [0, 0.1) is 50.2 Å². The number of aliphatic hydroxyl groups excluding tert-OH is 7. The quantitative estimate of drug-likeness (QED) is 0.104. The van der Waals surface area contributed by atoms with Crippen molar-refractivity contribution in [1.29, 1.82) is 0 Å². The Hall–Kier alpha value is -1.76. The van der Waals surface area contributed by atoms with Crippen LogP contribution in [-0.4, -0.2) is 140 Å². The predicted molar refractivity (Wildman–Crippen MR) is 204 cm³/mol. The summed E-state index contributed by atoms with van der Waals surface area (Å²) in [6, 6.07) is 0. The van der Waals surface area contributed by atoms with E-state index in [4.69, 9.17) is 18.9 Å². The van der Waals surface area contributed by atoms with Gasteiger partial charge in [-0.1, -0.05) is 60.1 Å². The summed E-state index contributed by atoms with van der Waals surface area (Å²) in [4.78, 5) is 25.4. The summed E-state index contributed by atoms with van der Waals surface area (Å²) >= 11 is 0. The minimum Gasteiger partial charge on any atom is -0.481 e. The van der Waals surface area contributed by atoms with E-state index in [9.17, 15) is 50.4 Å². The van der Waals surface area contributed by atoms with Crippen LogP contribution in [0.5, 0.6) is 0 Å². The van der Waals surface area contributed by atoms with Crippen LogP contribution in [0.2, 0.25) is 0 Å². The molecule has 6 fully saturated rings. The Bertz CT molecular complexity index is 1620. The molecule has 0 aromatic rings. The number of rotatable bonds is 7. The van der Waals surface area contributed by atoms with Gasteiger partial charge in [0.25, 0.3) is 0 Å². The largest absolute Gasteiger partial charge is 0.481 e. The second-order valence-corrected chi connectivity index (χ2v) is 21.1. The molecule has 2 saturated heterocycles. The van der Waals surface area contributed by atoms with Gasteiger partial charge in [-0.25, -0.2) is 4.79 Å². The van der Waals surface area contributed by atoms with E-state index in [2.05, 4.69) is 59.3 Å². The van der Waals surface area contributed by atoms with E-state index in [1.807, 2.05) is 0 Å². The topological polar surface area (TPSA) is 242 Å². The van der Waals surface area contributed by atoms with Gasteiger partial charge in [-0.3, -0.25) is 4.79 Å². The maximum atomic E-state index is 13.1. The van der Waals surface area contributed by atoms with E-state index in [1.54, 1.807) is 0 Å². The van der Waals surface area contributed by atoms with Crippen LogP contribution in [0.15, 0.2) is 11.6 Å². The van der Waals surface area contributed by atoms with Crippen molar-refractivity contribution in [3.63, 3.8) is 0 Å². The average Bonchev–Trinajstić information content (AvgIpc) is 3.15. The van der Waals surface area contributed by atoms with Crippen molar-refractivity contribution in [2.75, 3.05) is 13.7 Å². The predicted octanol–water partition coefficient (Wildman–Crippen LogP) is 2.03. The molecule has 19 atom stereocenters. The smallest absolute Gasteiger partial charge is 0.337 e. The fourth-order valence-electron chi connectivity index (χ4n) is 13.9. The number of ether oxygens (including phenoxy) is 5. The Morgan fingerprint density at radius 1 is 0.776 bits per heavy atom. The van der Waals surface area contributed by atoms with Gasteiger partial charge in [0.1, 0.15) is 42.7 Å². The Morgan fingerprint density at radius 3 is 2.07 bits per heavy atom. The van der Waals surface area contributed by atoms with Crippen molar-refractivity contribution in [3.05, 3.63) is 11.6 Å². The first-order valence-electron chi connectivity index (χ1n) is 21.3. The number of carbonyl (C=O) groups excluding carboxylic acids is 1. The molecule has 4 saturated carbocycles. The minimum atomic E-state index is -1.91. The summed E-state index contributed by atoms with van der Waals surface area (Å²) in [5.41, 5.74) is -0.748. The van der Waals surface area contributed by atoms with E-state index in [0.717, 1.165) is 45.6 Å². The van der Waals surface area contributed by atoms with Gasteiger partial charge in [-0.15, -0.1) is 0 Å². The number of aliphatic carboxylic acids is 1. The Balaban J connectivity index is 1.14. The van der Waals surface area contributed by atoms with Gasteiger partial charge in [-0.05, 0) is 103 Å². The molecule has 8 N–H and O–H groups in total. The van der Waals surface area contributed by atoms with Gasteiger partial charge in [0.15, 0.2) is 18.7 Å². The molecular formula is C43H68O15. The summed E-state index contributed by atoms with van der Waals surface area (Å²) in [7, 11) is 1.05. The lowest BCUT2D eigenvalue weighted by Gasteiger charge is -2.71. The van der Waals surface area contributed by atoms with E-state index in [1.165, 1.54) is 5.57 Å². The molecule has 0 spiro atoms. The summed E-state index contributed by atoms with van der Waals surface area (Å²) < 4.78 is 28.3. The van der Waals surface area contributed by atoms with Crippen LogP contribution in [0.1, 0.15) is 106 Å². The first-order chi connectivity index (χ1) is 26.9. The fraction of sp³-hybridized carbons (Fsp3) is 0.907. The van der Waals surface area contributed by atoms with Crippen molar-refractivity contribution >= 4 is 11.9 Å². The number of hydrogen-bond donors (Lipinski definition) is 8. The highest BCUT2D eigenvalue weighted by molar-refractivity contribution is 5.77. The van der Waals surface area contributed by atoms with Crippen LogP contribution in [0.3, 0.4) is 0 Å². The monoisotopic (exact) mass is 824 g/mol. The molecule has 0 aromatic heterocycles. The lowest BCUT2D eigenvalue weighted by Crippen LogP contribution is -2.69. The number of fused-ring (bicyclic) bond motifs is 7. The highest BCUT2D eigenvalue weighted by Crippen LogP contribution is 2.76. The Kier molecular flexibility index (Phi) is 11.4. The maximum Gasteiger partial charge on any atom is 0.337 e. The van der Waals surface area contributed by atoms with Gasteiger partial charge >= 0.3 is 11.9 Å². The fourth-order valence-corrected chi connectivity index (χ4v) is 13.9. The average molecular weight is 825 g/mol. The van der Waals surface area contributed by atoms with Crippen molar-refractivity contribution in [3.8, 4) is 0 Å². The Morgan fingerprint density at radius 2 is 1.43 bits per heavy atom. The number of carbonyl (C=O) groups is 2. The lowest BCUT2D eigenvalue weighted by atomic mass is 9.33. The van der Waals surface area contributed by atoms with E-state index in [-0.39, 0.29) is 39.4 Å². The van der Waals surface area contributed by atoms with Crippen molar-refractivity contribution < 1.29 is 74.1 Å². The molecule has 0 bridgehead atoms. The third-order valence-corrected chi connectivity index (χ3v) is 17.4. The molecular weight excluding hydrogens is 756 g/mol. The maximum absolute atomic E-state index is 13.1. The molecule has 0 aromatic carbocycles. The highest BCUT2D eigenvalue weighted by Gasteiger charge is 2.70. The second kappa shape index (κ2) is 15.0. The number of esters is 1. The molecule has 15 heteroatoms. The minimum absolute atomic E-state index is 0.0168. The van der Waals surface area contributed by atoms with Gasteiger partial charge in [-0.2, -0.15) is 0 Å². The molecule has 15 nitrogen and oxygen atoms in total. The lowest BCUT2D eigenvalue weighted by molar-refractivity contribution is -0.371. The third kappa shape index (κ3) is 6.46.